The van der Waals surface area contributed by atoms with Crippen LogP contribution in [0.5, 0.6) is 0 Å². The summed E-state index contributed by atoms with van der Waals surface area (Å²) >= 11 is 1.46. The van der Waals surface area contributed by atoms with Crippen LogP contribution in [0.2, 0.25) is 0 Å². The van der Waals surface area contributed by atoms with Crippen LogP contribution in [-0.2, 0) is 4.79 Å². The fourth-order valence-electron chi connectivity index (χ4n) is 3.01. The van der Waals surface area contributed by atoms with E-state index < -0.39 is 0 Å². The highest BCUT2D eigenvalue weighted by atomic mass is 32.1. The molecule has 0 saturated carbocycles. The van der Waals surface area contributed by atoms with Crippen LogP contribution in [-0.4, -0.2) is 5.91 Å². The van der Waals surface area contributed by atoms with E-state index >= 15 is 0 Å². The summed E-state index contributed by atoms with van der Waals surface area (Å²) in [6, 6.07) is 22.3. The Hall–Kier alpha value is -2.90. The number of thiophene rings is 1. The molecule has 1 aromatic heterocycles. The van der Waals surface area contributed by atoms with Crippen molar-refractivity contribution in [3.63, 3.8) is 0 Å². The topological polar surface area (TPSA) is 52.9 Å². The maximum Gasteiger partial charge on any atom is 0.225 e. The third-order valence-electron chi connectivity index (χ3n) is 4.54. The smallest absolute Gasteiger partial charge is 0.225 e. The van der Waals surface area contributed by atoms with Gasteiger partial charge in [0, 0.05) is 17.2 Å². The summed E-state index contributed by atoms with van der Waals surface area (Å²) in [6.07, 6.45) is 0.328. The molecule has 0 aliphatic heterocycles. The Morgan fingerprint density at radius 3 is 2.08 bits per heavy atom. The van der Waals surface area contributed by atoms with Crippen LogP contribution in [0.4, 0.5) is 5.00 Å². The highest BCUT2D eigenvalue weighted by molar-refractivity contribution is 7.16. The van der Waals surface area contributed by atoms with E-state index in [-0.39, 0.29) is 11.8 Å². The molecule has 3 nitrogen and oxygen atoms in total. The van der Waals surface area contributed by atoms with E-state index in [0.29, 0.717) is 17.0 Å². The van der Waals surface area contributed by atoms with Gasteiger partial charge in [0.25, 0.3) is 0 Å². The average Bonchev–Trinajstić information content (AvgIpc) is 2.94. The van der Waals surface area contributed by atoms with Gasteiger partial charge in [-0.05, 0) is 30.5 Å². The number of nitriles is 1. The fourth-order valence-corrected chi connectivity index (χ4v) is 4.04. The number of hydrogen-bond acceptors (Lipinski definition) is 3. The number of amides is 1. The van der Waals surface area contributed by atoms with Gasteiger partial charge in [0.2, 0.25) is 5.91 Å². The van der Waals surface area contributed by atoms with Crippen LogP contribution in [0.15, 0.2) is 60.7 Å². The van der Waals surface area contributed by atoms with E-state index in [4.69, 9.17) is 0 Å². The number of aryl methyl sites for hydroxylation is 1. The number of hydrogen-bond donors (Lipinski definition) is 1. The summed E-state index contributed by atoms with van der Waals surface area (Å²) in [5.41, 5.74) is 3.72. The zero-order valence-electron chi connectivity index (χ0n) is 14.8. The van der Waals surface area contributed by atoms with Crippen molar-refractivity contribution in [2.24, 2.45) is 0 Å². The molecule has 1 N–H and O–H groups in total. The zero-order chi connectivity index (χ0) is 18.5. The predicted molar refractivity (Wildman–Crippen MR) is 106 cm³/mol. The molecule has 2 aromatic carbocycles. The van der Waals surface area contributed by atoms with Crippen LogP contribution >= 0.6 is 11.3 Å². The van der Waals surface area contributed by atoms with E-state index in [1.165, 1.54) is 11.3 Å². The van der Waals surface area contributed by atoms with Crippen molar-refractivity contribution >= 4 is 22.2 Å². The van der Waals surface area contributed by atoms with Gasteiger partial charge in [0.1, 0.15) is 11.1 Å². The zero-order valence-corrected chi connectivity index (χ0v) is 15.6. The first-order chi connectivity index (χ1) is 12.6. The predicted octanol–water partition coefficient (Wildman–Crippen LogP) is 5.40. The summed E-state index contributed by atoms with van der Waals surface area (Å²) in [4.78, 5) is 13.8. The first-order valence-electron chi connectivity index (χ1n) is 8.50. The van der Waals surface area contributed by atoms with Crippen LogP contribution < -0.4 is 5.32 Å². The summed E-state index contributed by atoms with van der Waals surface area (Å²) in [5.74, 6) is -0.106. The summed E-state index contributed by atoms with van der Waals surface area (Å²) in [6.45, 7) is 3.88. The van der Waals surface area contributed by atoms with Gasteiger partial charge in [-0.2, -0.15) is 5.26 Å². The Balaban J connectivity index is 1.85. The standard InChI is InChI=1S/C22H20N2OS/c1-15-16(2)26-22(20(15)14-23)24-21(25)13-19(17-9-5-3-6-10-17)18-11-7-4-8-12-18/h3-12,19H,13H2,1-2H3,(H,24,25). The first kappa shape index (κ1) is 17.9. The second-order valence-electron chi connectivity index (χ2n) is 6.23. The maximum atomic E-state index is 12.7. The second-order valence-corrected chi connectivity index (χ2v) is 7.45. The lowest BCUT2D eigenvalue weighted by Crippen LogP contribution is -2.16. The van der Waals surface area contributed by atoms with Gasteiger partial charge >= 0.3 is 0 Å². The first-order valence-corrected chi connectivity index (χ1v) is 9.31. The van der Waals surface area contributed by atoms with Crippen molar-refractivity contribution in [2.45, 2.75) is 26.2 Å². The molecule has 3 aromatic rings. The van der Waals surface area contributed by atoms with Crippen molar-refractivity contribution in [1.29, 1.82) is 5.26 Å². The maximum absolute atomic E-state index is 12.7. The number of carbonyl (C=O) groups excluding carboxylic acids is 1. The molecule has 0 unspecified atom stereocenters. The lowest BCUT2D eigenvalue weighted by Gasteiger charge is -2.17. The van der Waals surface area contributed by atoms with E-state index in [2.05, 4.69) is 11.4 Å². The molecule has 130 valence electrons. The molecule has 1 amide bonds. The number of benzene rings is 2. The fraction of sp³-hybridized carbons (Fsp3) is 0.182. The Morgan fingerprint density at radius 1 is 1.04 bits per heavy atom. The summed E-state index contributed by atoms with van der Waals surface area (Å²) in [7, 11) is 0. The lowest BCUT2D eigenvalue weighted by atomic mass is 9.88. The Morgan fingerprint density at radius 2 is 1.58 bits per heavy atom. The molecule has 26 heavy (non-hydrogen) atoms. The van der Waals surface area contributed by atoms with Gasteiger partial charge in [-0.3, -0.25) is 4.79 Å². The van der Waals surface area contributed by atoms with Crippen molar-refractivity contribution in [3.05, 3.63) is 87.8 Å². The Labute approximate surface area is 157 Å². The normalized spacial score (nSPS) is 10.5. The van der Waals surface area contributed by atoms with Crippen LogP contribution in [0.25, 0.3) is 0 Å². The van der Waals surface area contributed by atoms with Crippen molar-refractivity contribution in [2.75, 3.05) is 5.32 Å². The Kier molecular flexibility index (Phi) is 5.50. The highest BCUT2D eigenvalue weighted by Gasteiger charge is 2.20. The minimum absolute atomic E-state index is 0.0231. The molecule has 4 heteroatoms. The molecular weight excluding hydrogens is 340 g/mol. The van der Waals surface area contributed by atoms with Crippen LogP contribution in [0.1, 0.15) is 39.5 Å². The minimum atomic E-state index is -0.0829. The monoisotopic (exact) mass is 360 g/mol. The molecule has 0 saturated heterocycles. The van der Waals surface area contributed by atoms with Crippen LogP contribution in [0.3, 0.4) is 0 Å². The van der Waals surface area contributed by atoms with E-state index in [0.717, 1.165) is 21.6 Å². The molecule has 0 bridgehead atoms. The van der Waals surface area contributed by atoms with Gasteiger partial charge in [-0.1, -0.05) is 60.7 Å². The summed E-state index contributed by atoms with van der Waals surface area (Å²) in [5, 5.41) is 13.0. The SMILES string of the molecule is Cc1sc(NC(=O)CC(c2ccccc2)c2ccccc2)c(C#N)c1C. The number of anilines is 1. The average molecular weight is 360 g/mol. The molecule has 0 fully saturated rings. The number of nitrogens with zero attached hydrogens (tertiary/aromatic N) is 1. The molecule has 0 spiro atoms. The van der Waals surface area contributed by atoms with Gasteiger partial charge in [0.15, 0.2) is 0 Å². The van der Waals surface area contributed by atoms with Gasteiger partial charge in [0.05, 0.1) is 5.56 Å². The molecule has 0 radical (unpaired) electrons. The van der Waals surface area contributed by atoms with E-state index in [1.807, 2.05) is 74.5 Å². The second kappa shape index (κ2) is 7.99. The number of rotatable bonds is 5. The largest absolute Gasteiger partial charge is 0.317 e. The van der Waals surface area contributed by atoms with Gasteiger partial charge in [-0.15, -0.1) is 11.3 Å². The van der Waals surface area contributed by atoms with E-state index in [9.17, 15) is 10.1 Å². The molecule has 1 heterocycles. The van der Waals surface area contributed by atoms with Gasteiger partial charge in [-0.25, -0.2) is 0 Å². The number of nitrogens with one attached hydrogen (secondary N) is 1. The van der Waals surface area contributed by atoms with Crippen LogP contribution in [0, 0.1) is 25.2 Å². The number of carbonyl (C=O) groups is 1. The molecule has 0 atom stereocenters. The summed E-state index contributed by atoms with van der Waals surface area (Å²) < 4.78 is 0. The Bertz CT molecular complexity index is 900. The molecular formula is C22H20N2OS. The van der Waals surface area contributed by atoms with Crippen molar-refractivity contribution in [1.82, 2.24) is 0 Å². The minimum Gasteiger partial charge on any atom is -0.317 e. The third kappa shape index (κ3) is 3.84. The van der Waals surface area contributed by atoms with Crippen molar-refractivity contribution < 1.29 is 4.79 Å². The quantitative estimate of drug-likeness (QED) is 0.662. The van der Waals surface area contributed by atoms with Gasteiger partial charge < -0.3 is 5.32 Å². The molecule has 0 aliphatic carbocycles. The highest BCUT2D eigenvalue weighted by Crippen LogP contribution is 2.33. The van der Waals surface area contributed by atoms with Crippen molar-refractivity contribution in [3.8, 4) is 6.07 Å². The molecule has 0 aliphatic rings. The third-order valence-corrected chi connectivity index (χ3v) is 5.67. The molecule has 3 rings (SSSR count). The van der Waals surface area contributed by atoms with E-state index in [1.54, 1.807) is 0 Å². The lowest BCUT2D eigenvalue weighted by molar-refractivity contribution is -0.116.